The molecule has 0 spiro atoms. The maximum absolute atomic E-state index is 12.5. The number of amides is 2. The number of anilines is 1. The van der Waals surface area contributed by atoms with Gasteiger partial charge in [0.05, 0.1) is 0 Å². The molecule has 1 fully saturated rings. The molecule has 1 aromatic rings. The van der Waals surface area contributed by atoms with E-state index >= 15 is 0 Å². The lowest BCUT2D eigenvalue weighted by Crippen LogP contribution is -2.49. The molecule has 1 heterocycles. The Labute approximate surface area is 138 Å². The van der Waals surface area contributed by atoms with Crippen LogP contribution in [0.5, 0.6) is 0 Å². The van der Waals surface area contributed by atoms with Gasteiger partial charge in [0.25, 0.3) is 0 Å². The Hall–Kier alpha value is -1.91. The second kappa shape index (κ2) is 8.09. The molecule has 1 atom stereocenters. The zero-order valence-electron chi connectivity index (χ0n) is 14.3. The summed E-state index contributed by atoms with van der Waals surface area (Å²) in [4.78, 5) is 29.2. The maximum atomic E-state index is 12.5. The first-order valence-electron chi connectivity index (χ1n) is 8.52. The van der Waals surface area contributed by atoms with Crippen LogP contribution in [0.25, 0.3) is 0 Å². The van der Waals surface area contributed by atoms with Crippen LogP contribution in [-0.4, -0.2) is 22.8 Å². The molecule has 5 heteroatoms. The molecule has 2 N–H and O–H groups in total. The van der Waals surface area contributed by atoms with Crippen molar-refractivity contribution in [2.24, 2.45) is 11.8 Å². The van der Waals surface area contributed by atoms with Gasteiger partial charge in [-0.25, -0.2) is 4.98 Å². The van der Waals surface area contributed by atoms with E-state index in [9.17, 15) is 9.59 Å². The highest BCUT2D eigenvalue weighted by molar-refractivity contribution is 5.97. The molecule has 1 saturated carbocycles. The third-order valence-corrected chi connectivity index (χ3v) is 4.36. The van der Waals surface area contributed by atoms with Crippen molar-refractivity contribution >= 4 is 17.6 Å². The van der Waals surface area contributed by atoms with Crippen LogP contribution in [-0.2, 0) is 9.59 Å². The fraction of sp³-hybridized carbons (Fsp3) is 0.611. The number of pyridine rings is 1. The number of aromatic nitrogens is 1. The van der Waals surface area contributed by atoms with Gasteiger partial charge in [0.15, 0.2) is 0 Å². The normalized spacial score (nSPS) is 16.9. The number of rotatable bonds is 5. The van der Waals surface area contributed by atoms with Crippen molar-refractivity contribution in [2.75, 3.05) is 5.32 Å². The molecule has 2 amide bonds. The van der Waals surface area contributed by atoms with E-state index in [1.807, 2.05) is 32.9 Å². The second-order valence-corrected chi connectivity index (χ2v) is 6.72. The molecule has 0 radical (unpaired) electrons. The van der Waals surface area contributed by atoms with Gasteiger partial charge in [-0.05, 0) is 37.8 Å². The number of hydrogen-bond donors (Lipinski definition) is 2. The van der Waals surface area contributed by atoms with Gasteiger partial charge in [0.2, 0.25) is 11.8 Å². The minimum absolute atomic E-state index is 0.00996. The first kappa shape index (κ1) is 17.4. The smallest absolute Gasteiger partial charge is 0.248 e. The number of nitrogens with zero attached hydrogens (tertiary/aromatic N) is 1. The van der Waals surface area contributed by atoms with E-state index in [0.717, 1.165) is 31.4 Å². The van der Waals surface area contributed by atoms with Crippen LogP contribution in [0, 0.1) is 18.8 Å². The summed E-state index contributed by atoms with van der Waals surface area (Å²) in [6.45, 7) is 5.75. The first-order chi connectivity index (χ1) is 11.0. The van der Waals surface area contributed by atoms with Crippen LogP contribution < -0.4 is 10.6 Å². The molecule has 2 rings (SSSR count). The molecule has 0 unspecified atom stereocenters. The highest BCUT2D eigenvalue weighted by atomic mass is 16.2. The van der Waals surface area contributed by atoms with Gasteiger partial charge in [0, 0.05) is 11.6 Å². The second-order valence-electron chi connectivity index (χ2n) is 6.72. The van der Waals surface area contributed by atoms with Gasteiger partial charge < -0.3 is 10.6 Å². The summed E-state index contributed by atoms with van der Waals surface area (Å²) >= 11 is 0. The Morgan fingerprint density at radius 1 is 1.17 bits per heavy atom. The molecule has 1 aliphatic rings. The number of carbonyl (C=O) groups is 2. The summed E-state index contributed by atoms with van der Waals surface area (Å²) in [6, 6.07) is 4.95. The van der Waals surface area contributed by atoms with Crippen molar-refractivity contribution in [1.29, 1.82) is 0 Å². The van der Waals surface area contributed by atoms with Crippen molar-refractivity contribution in [1.82, 2.24) is 10.3 Å². The predicted molar refractivity (Wildman–Crippen MR) is 90.9 cm³/mol. The highest BCUT2D eigenvalue weighted by Gasteiger charge is 2.28. The predicted octanol–water partition coefficient (Wildman–Crippen LogP) is 3.05. The van der Waals surface area contributed by atoms with E-state index < -0.39 is 6.04 Å². The van der Waals surface area contributed by atoms with Crippen molar-refractivity contribution in [3.05, 3.63) is 23.9 Å². The van der Waals surface area contributed by atoms with Crippen LogP contribution in [0.2, 0.25) is 0 Å². The fourth-order valence-corrected chi connectivity index (χ4v) is 2.99. The van der Waals surface area contributed by atoms with Crippen LogP contribution in [0.15, 0.2) is 18.2 Å². The lowest BCUT2D eigenvalue weighted by molar-refractivity contribution is -0.130. The van der Waals surface area contributed by atoms with Crippen LogP contribution >= 0.6 is 0 Å². The van der Waals surface area contributed by atoms with Crippen LogP contribution in [0.4, 0.5) is 5.82 Å². The molecule has 0 bridgehead atoms. The zero-order chi connectivity index (χ0) is 16.8. The summed E-state index contributed by atoms with van der Waals surface area (Å²) in [5.41, 5.74) is 0.843. The van der Waals surface area contributed by atoms with Crippen LogP contribution in [0.3, 0.4) is 0 Å². The topological polar surface area (TPSA) is 71.1 Å². The zero-order valence-corrected chi connectivity index (χ0v) is 14.3. The molecule has 1 aromatic heterocycles. The molecule has 0 aromatic carbocycles. The van der Waals surface area contributed by atoms with Crippen molar-refractivity contribution < 1.29 is 9.59 Å². The summed E-state index contributed by atoms with van der Waals surface area (Å²) in [5.74, 6) is 0.396. The lowest BCUT2D eigenvalue weighted by Gasteiger charge is -2.26. The molecule has 5 nitrogen and oxygen atoms in total. The molecule has 0 aliphatic heterocycles. The third kappa shape index (κ3) is 5.05. The number of aryl methyl sites for hydroxylation is 1. The van der Waals surface area contributed by atoms with E-state index in [0.29, 0.717) is 5.82 Å². The third-order valence-electron chi connectivity index (χ3n) is 4.36. The number of carbonyl (C=O) groups excluding carboxylic acids is 2. The van der Waals surface area contributed by atoms with Gasteiger partial charge in [-0.1, -0.05) is 39.2 Å². The van der Waals surface area contributed by atoms with Gasteiger partial charge in [-0.2, -0.15) is 0 Å². The van der Waals surface area contributed by atoms with Gasteiger partial charge in [-0.15, -0.1) is 0 Å². The summed E-state index contributed by atoms with van der Waals surface area (Å²) in [5, 5.41) is 5.75. The van der Waals surface area contributed by atoms with E-state index in [-0.39, 0.29) is 23.7 Å². The Kier molecular flexibility index (Phi) is 6.13. The largest absolute Gasteiger partial charge is 0.344 e. The number of hydrogen-bond acceptors (Lipinski definition) is 3. The van der Waals surface area contributed by atoms with Crippen LogP contribution in [0.1, 0.15) is 51.6 Å². The monoisotopic (exact) mass is 317 g/mol. The Morgan fingerprint density at radius 2 is 1.87 bits per heavy atom. The van der Waals surface area contributed by atoms with Crippen molar-refractivity contribution in [3.8, 4) is 0 Å². The highest BCUT2D eigenvalue weighted by Crippen LogP contribution is 2.24. The first-order valence-corrected chi connectivity index (χ1v) is 8.52. The van der Waals surface area contributed by atoms with Crippen molar-refractivity contribution in [2.45, 2.75) is 58.9 Å². The summed E-state index contributed by atoms with van der Waals surface area (Å²) in [7, 11) is 0. The van der Waals surface area contributed by atoms with E-state index in [2.05, 4.69) is 15.6 Å². The lowest BCUT2D eigenvalue weighted by atomic mass is 9.88. The average molecular weight is 317 g/mol. The maximum Gasteiger partial charge on any atom is 0.248 e. The van der Waals surface area contributed by atoms with Gasteiger partial charge in [0.1, 0.15) is 11.9 Å². The molecule has 126 valence electrons. The van der Waals surface area contributed by atoms with E-state index in [4.69, 9.17) is 0 Å². The van der Waals surface area contributed by atoms with Gasteiger partial charge in [-0.3, -0.25) is 9.59 Å². The molecular formula is C18H27N3O2. The standard InChI is InChI=1S/C18H27N3O2/c1-12(2)16(21-17(22)14-9-5-4-6-10-14)18(23)20-15-11-7-8-13(3)19-15/h7-8,11-12,14,16H,4-6,9-10H2,1-3H3,(H,21,22)(H,19,20,23)/t16-/m1/s1. The molecular weight excluding hydrogens is 290 g/mol. The van der Waals surface area contributed by atoms with E-state index in [1.54, 1.807) is 6.07 Å². The molecule has 23 heavy (non-hydrogen) atoms. The Balaban J connectivity index is 1.99. The Bertz CT molecular complexity index is 551. The summed E-state index contributed by atoms with van der Waals surface area (Å²) in [6.07, 6.45) is 5.26. The average Bonchev–Trinajstić information content (AvgIpc) is 2.52. The molecule has 0 saturated heterocycles. The molecule has 1 aliphatic carbocycles. The minimum Gasteiger partial charge on any atom is -0.344 e. The van der Waals surface area contributed by atoms with E-state index in [1.165, 1.54) is 6.42 Å². The van der Waals surface area contributed by atoms with Gasteiger partial charge >= 0.3 is 0 Å². The summed E-state index contributed by atoms with van der Waals surface area (Å²) < 4.78 is 0. The minimum atomic E-state index is -0.535. The number of nitrogens with one attached hydrogen (secondary N) is 2. The SMILES string of the molecule is Cc1cccc(NC(=O)[C@H](NC(=O)C2CCCCC2)C(C)C)n1. The fourth-order valence-electron chi connectivity index (χ4n) is 2.99. The van der Waals surface area contributed by atoms with Crippen molar-refractivity contribution in [3.63, 3.8) is 0 Å². The quantitative estimate of drug-likeness (QED) is 0.877. The Morgan fingerprint density at radius 3 is 2.48 bits per heavy atom.